The summed E-state index contributed by atoms with van der Waals surface area (Å²) in [5, 5.41) is 0.741. The highest BCUT2D eigenvalue weighted by Gasteiger charge is 2.05. The first kappa shape index (κ1) is 12.9. The van der Waals surface area contributed by atoms with Crippen molar-refractivity contribution in [2.24, 2.45) is 5.73 Å². The number of halogens is 1. The summed E-state index contributed by atoms with van der Waals surface area (Å²) >= 11 is 5.99. The Bertz CT molecular complexity index is 566. The van der Waals surface area contributed by atoms with Gasteiger partial charge in [0.2, 0.25) is 0 Å². The normalized spacial score (nSPS) is 10.4. The predicted molar refractivity (Wildman–Crippen MR) is 75.3 cm³/mol. The van der Waals surface area contributed by atoms with Crippen molar-refractivity contribution < 1.29 is 4.74 Å². The lowest BCUT2D eigenvalue weighted by molar-refractivity contribution is 0.475. The molecule has 3 heteroatoms. The van der Waals surface area contributed by atoms with Gasteiger partial charge in [-0.2, -0.15) is 0 Å². The molecule has 0 aromatic heterocycles. The summed E-state index contributed by atoms with van der Waals surface area (Å²) in [4.78, 5) is 0. The van der Waals surface area contributed by atoms with Crippen LogP contribution < -0.4 is 10.5 Å². The molecule has 2 rings (SSSR count). The zero-order chi connectivity index (χ0) is 13.1. The molecule has 0 fully saturated rings. The zero-order valence-corrected chi connectivity index (χ0v) is 11.3. The highest BCUT2D eigenvalue weighted by molar-refractivity contribution is 6.31. The zero-order valence-electron chi connectivity index (χ0n) is 10.5. The first-order valence-electron chi connectivity index (χ1n) is 5.84. The average molecular weight is 262 g/mol. The van der Waals surface area contributed by atoms with E-state index >= 15 is 0 Å². The van der Waals surface area contributed by atoms with E-state index in [-0.39, 0.29) is 0 Å². The number of rotatable bonds is 3. The van der Waals surface area contributed by atoms with Crippen LogP contribution in [-0.4, -0.2) is 0 Å². The largest absolute Gasteiger partial charge is 0.457 e. The molecule has 0 saturated carbocycles. The molecule has 18 heavy (non-hydrogen) atoms. The van der Waals surface area contributed by atoms with Gasteiger partial charge < -0.3 is 10.5 Å². The van der Waals surface area contributed by atoms with Crippen LogP contribution in [0.2, 0.25) is 5.02 Å². The Labute approximate surface area is 112 Å². The maximum Gasteiger partial charge on any atom is 0.132 e. The lowest BCUT2D eigenvalue weighted by atomic mass is 10.1. The van der Waals surface area contributed by atoms with Crippen LogP contribution in [0.5, 0.6) is 11.5 Å². The van der Waals surface area contributed by atoms with Gasteiger partial charge in [-0.1, -0.05) is 23.7 Å². The Hall–Kier alpha value is -1.51. The molecule has 0 heterocycles. The third-order valence-electron chi connectivity index (χ3n) is 2.80. The van der Waals surface area contributed by atoms with Crippen LogP contribution in [0.25, 0.3) is 0 Å². The van der Waals surface area contributed by atoms with Crippen molar-refractivity contribution in [2.75, 3.05) is 0 Å². The number of hydrogen-bond donors (Lipinski definition) is 1. The Kier molecular flexibility index (Phi) is 3.90. The summed E-state index contributed by atoms with van der Waals surface area (Å²) in [5.74, 6) is 1.58. The number of ether oxygens (including phenoxy) is 1. The molecule has 0 amide bonds. The molecule has 2 aromatic rings. The van der Waals surface area contributed by atoms with Crippen molar-refractivity contribution in [1.29, 1.82) is 0 Å². The van der Waals surface area contributed by atoms with Crippen molar-refractivity contribution in [2.45, 2.75) is 20.4 Å². The van der Waals surface area contributed by atoms with Gasteiger partial charge in [0, 0.05) is 17.1 Å². The molecule has 0 radical (unpaired) electrons. The van der Waals surface area contributed by atoms with E-state index in [1.54, 1.807) is 0 Å². The Morgan fingerprint density at radius 3 is 2.56 bits per heavy atom. The van der Waals surface area contributed by atoms with Crippen LogP contribution >= 0.6 is 11.6 Å². The van der Waals surface area contributed by atoms with Gasteiger partial charge in [-0.05, 0) is 49.2 Å². The van der Waals surface area contributed by atoms with Gasteiger partial charge in [-0.15, -0.1) is 0 Å². The molecule has 0 bridgehead atoms. The number of hydrogen-bond acceptors (Lipinski definition) is 2. The lowest BCUT2D eigenvalue weighted by Crippen LogP contribution is -1.99. The number of nitrogens with two attached hydrogens (primary N) is 1. The van der Waals surface area contributed by atoms with Gasteiger partial charge in [-0.25, -0.2) is 0 Å². The first-order chi connectivity index (χ1) is 8.60. The monoisotopic (exact) mass is 261 g/mol. The second kappa shape index (κ2) is 5.42. The van der Waals surface area contributed by atoms with Crippen LogP contribution in [0.4, 0.5) is 0 Å². The fraction of sp³-hybridized carbons (Fsp3) is 0.200. The molecular weight excluding hydrogens is 246 g/mol. The fourth-order valence-corrected chi connectivity index (χ4v) is 1.85. The third-order valence-corrected chi connectivity index (χ3v) is 3.22. The van der Waals surface area contributed by atoms with E-state index in [1.807, 2.05) is 50.2 Å². The summed E-state index contributed by atoms with van der Waals surface area (Å²) in [6.07, 6.45) is 0. The van der Waals surface area contributed by atoms with Crippen molar-refractivity contribution in [3.8, 4) is 11.5 Å². The van der Waals surface area contributed by atoms with Gasteiger partial charge in [0.1, 0.15) is 11.5 Å². The molecular formula is C15H16ClNO. The number of benzene rings is 2. The van der Waals surface area contributed by atoms with Gasteiger partial charge in [0.25, 0.3) is 0 Å². The second-order valence-corrected chi connectivity index (χ2v) is 4.74. The highest BCUT2D eigenvalue weighted by Crippen LogP contribution is 2.28. The molecule has 0 saturated heterocycles. The molecule has 0 aliphatic rings. The molecule has 2 aromatic carbocycles. The van der Waals surface area contributed by atoms with Gasteiger partial charge in [0.15, 0.2) is 0 Å². The molecule has 0 spiro atoms. The molecule has 0 aliphatic carbocycles. The quantitative estimate of drug-likeness (QED) is 0.898. The van der Waals surface area contributed by atoms with Gasteiger partial charge in [-0.3, -0.25) is 0 Å². The van der Waals surface area contributed by atoms with Crippen LogP contribution in [0.3, 0.4) is 0 Å². The van der Waals surface area contributed by atoms with Crippen LogP contribution in [-0.2, 0) is 6.54 Å². The Morgan fingerprint density at radius 1 is 1.11 bits per heavy atom. The maximum atomic E-state index is 5.99. The van der Waals surface area contributed by atoms with Gasteiger partial charge >= 0.3 is 0 Å². The summed E-state index contributed by atoms with van der Waals surface area (Å²) < 4.78 is 5.88. The van der Waals surface area contributed by atoms with Crippen molar-refractivity contribution in [3.63, 3.8) is 0 Å². The van der Waals surface area contributed by atoms with Gasteiger partial charge in [0.05, 0.1) is 0 Å². The van der Waals surface area contributed by atoms with E-state index in [2.05, 4.69) is 0 Å². The molecule has 0 atom stereocenters. The smallest absolute Gasteiger partial charge is 0.132 e. The van der Waals surface area contributed by atoms with Crippen LogP contribution in [0.15, 0.2) is 36.4 Å². The van der Waals surface area contributed by atoms with E-state index in [0.717, 1.165) is 33.2 Å². The van der Waals surface area contributed by atoms with Crippen molar-refractivity contribution in [3.05, 3.63) is 58.1 Å². The SMILES string of the molecule is Cc1ccc(CN)c(Oc2ccc(Cl)c(C)c2)c1. The molecule has 0 unspecified atom stereocenters. The molecule has 94 valence electrons. The van der Waals surface area contributed by atoms with E-state index in [4.69, 9.17) is 22.1 Å². The van der Waals surface area contributed by atoms with Crippen molar-refractivity contribution in [1.82, 2.24) is 0 Å². The van der Waals surface area contributed by atoms with Crippen LogP contribution in [0.1, 0.15) is 16.7 Å². The summed E-state index contributed by atoms with van der Waals surface area (Å²) in [5.41, 5.74) is 8.84. The Balaban J connectivity index is 2.33. The molecule has 2 nitrogen and oxygen atoms in total. The highest BCUT2D eigenvalue weighted by atomic mass is 35.5. The number of aryl methyl sites for hydroxylation is 2. The standard InChI is InChI=1S/C15H16ClNO/c1-10-3-4-12(9-17)15(7-10)18-13-5-6-14(16)11(2)8-13/h3-8H,9,17H2,1-2H3. The average Bonchev–Trinajstić information content (AvgIpc) is 2.34. The molecule has 0 aliphatic heterocycles. The van der Waals surface area contributed by atoms with Crippen LogP contribution in [0, 0.1) is 13.8 Å². The minimum atomic E-state index is 0.461. The molecule has 2 N–H and O–H groups in total. The van der Waals surface area contributed by atoms with E-state index in [1.165, 1.54) is 0 Å². The maximum absolute atomic E-state index is 5.99. The second-order valence-electron chi connectivity index (χ2n) is 4.33. The predicted octanol–water partition coefficient (Wildman–Crippen LogP) is 4.21. The minimum Gasteiger partial charge on any atom is -0.457 e. The third kappa shape index (κ3) is 2.84. The first-order valence-corrected chi connectivity index (χ1v) is 6.21. The summed E-state index contributed by atoms with van der Waals surface area (Å²) in [6, 6.07) is 11.6. The minimum absolute atomic E-state index is 0.461. The van der Waals surface area contributed by atoms with E-state index in [9.17, 15) is 0 Å². The lowest BCUT2D eigenvalue weighted by Gasteiger charge is -2.11. The van der Waals surface area contributed by atoms with Crippen molar-refractivity contribution >= 4 is 11.6 Å². The summed E-state index contributed by atoms with van der Waals surface area (Å²) in [6.45, 7) is 4.44. The fourth-order valence-electron chi connectivity index (χ4n) is 1.73. The van der Waals surface area contributed by atoms with E-state index < -0.39 is 0 Å². The summed E-state index contributed by atoms with van der Waals surface area (Å²) in [7, 11) is 0. The Morgan fingerprint density at radius 2 is 1.89 bits per heavy atom. The topological polar surface area (TPSA) is 35.2 Å². The van der Waals surface area contributed by atoms with E-state index in [0.29, 0.717) is 6.54 Å².